The van der Waals surface area contributed by atoms with Gasteiger partial charge in [0.1, 0.15) is 12.6 Å². The highest BCUT2D eigenvalue weighted by Gasteiger charge is 2.25. The second-order valence-corrected chi connectivity index (χ2v) is 16.9. The van der Waals surface area contributed by atoms with Crippen molar-refractivity contribution in [1.29, 1.82) is 0 Å². The fourth-order valence-corrected chi connectivity index (χ4v) is 6.77. The van der Waals surface area contributed by atoms with Crippen LogP contribution in [0.4, 0.5) is 0 Å². The topological polar surface area (TPSA) is 102 Å². The summed E-state index contributed by atoms with van der Waals surface area (Å²) in [5.41, 5.74) is 0. The number of rotatable bonds is 42. The standard InChI is InChI=1S/C51H89NO7/c1-6-8-10-12-14-16-18-20-22-23-24-25-26-27-28-30-32-34-36-38-40-42-50(54)59-47(45-57-44-43-48(51(55)56)52(3,4)5)46-58-49(53)41-39-37-35-33-31-29-21-19-17-15-13-11-9-7-2/h8-11,14-17,20,22,47-48H,6-7,12-13,18-19,21,23-46H2,1-5H3/b10-8+,11-9+,16-14+,17-15+,22-20+. The van der Waals surface area contributed by atoms with Gasteiger partial charge < -0.3 is 28.6 Å². The zero-order valence-corrected chi connectivity index (χ0v) is 38.7. The first-order chi connectivity index (χ1) is 28.6. The average molecular weight is 828 g/mol. The van der Waals surface area contributed by atoms with Crippen molar-refractivity contribution in [3.05, 3.63) is 60.8 Å². The lowest BCUT2D eigenvalue weighted by atomic mass is 10.0. The minimum atomic E-state index is -1.13. The van der Waals surface area contributed by atoms with Crippen molar-refractivity contribution >= 4 is 17.9 Å². The largest absolute Gasteiger partial charge is 0.544 e. The molecule has 2 atom stereocenters. The monoisotopic (exact) mass is 828 g/mol. The van der Waals surface area contributed by atoms with Crippen LogP contribution < -0.4 is 5.11 Å². The molecule has 0 aromatic rings. The van der Waals surface area contributed by atoms with Gasteiger partial charge in [-0.3, -0.25) is 9.59 Å². The molecule has 0 aromatic carbocycles. The molecule has 2 unspecified atom stereocenters. The van der Waals surface area contributed by atoms with Crippen molar-refractivity contribution in [3.63, 3.8) is 0 Å². The molecular weight excluding hydrogens is 739 g/mol. The Balaban J connectivity index is 4.27. The summed E-state index contributed by atoms with van der Waals surface area (Å²) in [6.45, 7) is 4.44. The minimum absolute atomic E-state index is 0.0358. The summed E-state index contributed by atoms with van der Waals surface area (Å²) >= 11 is 0. The van der Waals surface area contributed by atoms with Crippen LogP contribution in [0.2, 0.25) is 0 Å². The Labute approximate surface area is 362 Å². The third-order valence-electron chi connectivity index (χ3n) is 10.4. The number of ether oxygens (including phenoxy) is 3. The van der Waals surface area contributed by atoms with Gasteiger partial charge in [0.15, 0.2) is 6.10 Å². The predicted molar refractivity (Wildman–Crippen MR) is 245 cm³/mol. The zero-order chi connectivity index (χ0) is 43.5. The van der Waals surface area contributed by atoms with E-state index < -0.39 is 18.1 Å². The number of hydrogen-bond donors (Lipinski definition) is 0. The number of carbonyl (C=O) groups is 3. The van der Waals surface area contributed by atoms with E-state index in [1.807, 2.05) is 0 Å². The number of likely N-dealkylation sites (N-methyl/N-ethyl adjacent to an activating group) is 1. The van der Waals surface area contributed by atoms with Crippen LogP contribution in [0.1, 0.15) is 194 Å². The molecule has 0 amide bonds. The van der Waals surface area contributed by atoms with Crippen LogP contribution in [-0.2, 0) is 28.6 Å². The normalized spacial score (nSPS) is 13.4. The van der Waals surface area contributed by atoms with Crippen molar-refractivity contribution in [2.24, 2.45) is 0 Å². The number of unbranched alkanes of at least 4 members (excludes halogenated alkanes) is 18. The van der Waals surface area contributed by atoms with Crippen LogP contribution in [0, 0.1) is 0 Å². The summed E-state index contributed by atoms with van der Waals surface area (Å²) in [6, 6.07) is -0.729. The molecule has 8 nitrogen and oxygen atoms in total. The molecule has 0 saturated carbocycles. The van der Waals surface area contributed by atoms with E-state index >= 15 is 0 Å². The summed E-state index contributed by atoms with van der Waals surface area (Å²) in [4.78, 5) is 36.9. The van der Waals surface area contributed by atoms with Gasteiger partial charge in [-0.1, -0.05) is 164 Å². The van der Waals surface area contributed by atoms with Crippen LogP contribution in [0.3, 0.4) is 0 Å². The van der Waals surface area contributed by atoms with E-state index in [0.29, 0.717) is 12.8 Å². The van der Waals surface area contributed by atoms with Gasteiger partial charge in [0.2, 0.25) is 0 Å². The van der Waals surface area contributed by atoms with Crippen LogP contribution in [-0.4, -0.2) is 75.5 Å². The minimum Gasteiger partial charge on any atom is -0.544 e. The van der Waals surface area contributed by atoms with Crippen LogP contribution >= 0.6 is 0 Å². The second kappa shape index (κ2) is 41.8. The summed E-state index contributed by atoms with van der Waals surface area (Å²) in [5.74, 6) is -1.75. The highest BCUT2D eigenvalue weighted by molar-refractivity contribution is 5.70. The number of allylic oxidation sites excluding steroid dienone is 10. The first-order valence-corrected chi connectivity index (χ1v) is 23.8. The van der Waals surface area contributed by atoms with Crippen molar-refractivity contribution < 1.29 is 38.2 Å². The lowest BCUT2D eigenvalue weighted by Crippen LogP contribution is -2.55. The molecule has 0 aliphatic rings. The van der Waals surface area contributed by atoms with Crippen LogP contribution in [0.5, 0.6) is 0 Å². The molecule has 0 aliphatic heterocycles. The molecule has 0 bridgehead atoms. The molecule has 0 radical (unpaired) electrons. The van der Waals surface area contributed by atoms with Crippen molar-refractivity contribution in [2.75, 3.05) is 41.0 Å². The fraction of sp³-hybridized carbons (Fsp3) is 0.745. The van der Waals surface area contributed by atoms with E-state index in [1.54, 1.807) is 21.1 Å². The molecular formula is C51H89NO7. The zero-order valence-electron chi connectivity index (χ0n) is 38.7. The van der Waals surface area contributed by atoms with Gasteiger partial charge in [-0.2, -0.15) is 0 Å². The molecule has 340 valence electrons. The van der Waals surface area contributed by atoms with Gasteiger partial charge in [0.05, 0.1) is 40.3 Å². The lowest BCUT2D eigenvalue weighted by molar-refractivity contribution is -0.889. The van der Waals surface area contributed by atoms with Crippen molar-refractivity contribution in [3.8, 4) is 0 Å². The number of carboxylic acid groups (broad SMARTS) is 1. The molecule has 0 spiro atoms. The Morgan fingerprint density at radius 2 is 0.898 bits per heavy atom. The lowest BCUT2D eigenvalue weighted by Gasteiger charge is -2.34. The number of quaternary nitrogens is 1. The third-order valence-corrected chi connectivity index (χ3v) is 10.4. The van der Waals surface area contributed by atoms with Gasteiger partial charge in [-0.15, -0.1) is 0 Å². The van der Waals surface area contributed by atoms with E-state index in [-0.39, 0.29) is 42.7 Å². The number of carbonyl (C=O) groups excluding carboxylic acids is 3. The summed E-state index contributed by atoms with van der Waals surface area (Å²) in [7, 11) is 5.41. The Hall–Kier alpha value is -2.97. The number of carboxylic acids is 1. The van der Waals surface area contributed by atoms with Crippen molar-refractivity contribution in [2.45, 2.75) is 206 Å². The molecule has 8 heteroatoms. The third kappa shape index (κ3) is 40.2. The average Bonchev–Trinajstić information content (AvgIpc) is 3.19. The molecule has 0 rings (SSSR count). The van der Waals surface area contributed by atoms with E-state index in [4.69, 9.17) is 14.2 Å². The maximum absolute atomic E-state index is 12.8. The first-order valence-electron chi connectivity index (χ1n) is 23.8. The van der Waals surface area contributed by atoms with Crippen molar-refractivity contribution in [1.82, 2.24) is 0 Å². The molecule has 0 aromatic heterocycles. The Morgan fingerprint density at radius 3 is 1.32 bits per heavy atom. The smallest absolute Gasteiger partial charge is 0.306 e. The van der Waals surface area contributed by atoms with Gasteiger partial charge in [-0.05, 0) is 70.6 Å². The Kier molecular flexibility index (Phi) is 39.6. The highest BCUT2D eigenvalue weighted by atomic mass is 16.6. The van der Waals surface area contributed by atoms with Crippen LogP contribution in [0.25, 0.3) is 0 Å². The molecule has 0 aliphatic carbocycles. The number of hydrogen-bond acceptors (Lipinski definition) is 7. The Morgan fingerprint density at radius 1 is 0.508 bits per heavy atom. The molecule has 0 N–H and O–H groups in total. The number of nitrogens with zero attached hydrogens (tertiary/aromatic N) is 1. The summed E-state index contributed by atoms with van der Waals surface area (Å²) < 4.78 is 17.2. The van der Waals surface area contributed by atoms with Gasteiger partial charge >= 0.3 is 11.9 Å². The summed E-state index contributed by atoms with van der Waals surface area (Å²) in [6.07, 6.45) is 51.0. The molecule has 59 heavy (non-hydrogen) atoms. The van der Waals surface area contributed by atoms with E-state index in [2.05, 4.69) is 74.6 Å². The van der Waals surface area contributed by atoms with E-state index in [0.717, 1.165) is 77.0 Å². The van der Waals surface area contributed by atoms with E-state index in [1.165, 1.54) is 83.5 Å². The van der Waals surface area contributed by atoms with Crippen LogP contribution in [0.15, 0.2) is 60.8 Å². The summed E-state index contributed by atoms with van der Waals surface area (Å²) in [5, 5.41) is 11.6. The number of aliphatic carboxylic acids is 1. The molecule has 0 fully saturated rings. The first kappa shape index (κ1) is 56.0. The quantitative estimate of drug-likeness (QED) is 0.0261. The fourth-order valence-electron chi connectivity index (χ4n) is 6.77. The van der Waals surface area contributed by atoms with E-state index in [9.17, 15) is 19.5 Å². The second-order valence-electron chi connectivity index (χ2n) is 16.9. The maximum atomic E-state index is 12.8. The van der Waals surface area contributed by atoms with Gasteiger partial charge in [0, 0.05) is 19.3 Å². The molecule has 0 heterocycles. The maximum Gasteiger partial charge on any atom is 0.306 e. The van der Waals surface area contributed by atoms with Gasteiger partial charge in [0.25, 0.3) is 0 Å². The number of esters is 2. The highest BCUT2D eigenvalue weighted by Crippen LogP contribution is 2.15. The predicted octanol–water partition coefficient (Wildman–Crippen LogP) is 12.0. The van der Waals surface area contributed by atoms with Gasteiger partial charge in [-0.25, -0.2) is 0 Å². The Bertz CT molecular complexity index is 1150. The molecule has 0 saturated heterocycles. The SMILES string of the molecule is CC/C=C/C/C=C/C/C=C/CCCCCCCCCCCCCC(=O)OC(COCCC(C(=O)[O-])[N+](C)(C)C)COC(=O)CCCCCCCCC/C=C/C/C=C/CC.